The zero-order valence-corrected chi connectivity index (χ0v) is 12.4. The maximum absolute atomic E-state index is 12.9. The predicted molar refractivity (Wildman–Crippen MR) is 81.9 cm³/mol. The van der Waals surface area contributed by atoms with Crippen LogP contribution in [0, 0.1) is 5.82 Å². The van der Waals surface area contributed by atoms with Crippen LogP contribution in [0.3, 0.4) is 0 Å². The highest BCUT2D eigenvalue weighted by atomic mass is 32.2. The first-order valence-electron chi connectivity index (χ1n) is 6.80. The molecule has 0 radical (unpaired) electrons. The largest absolute Gasteiger partial charge is 0.262 e. The van der Waals surface area contributed by atoms with Crippen molar-refractivity contribution in [2.75, 3.05) is 0 Å². The predicted octanol–water partition coefficient (Wildman–Crippen LogP) is 4.27. The lowest BCUT2D eigenvalue weighted by molar-refractivity contribution is 0.626. The first-order chi connectivity index (χ1) is 10.3. The Kier molecular flexibility index (Phi) is 4.10. The number of benzene rings is 1. The zero-order valence-electron chi connectivity index (χ0n) is 11.6. The quantitative estimate of drug-likeness (QED) is 0.674. The summed E-state index contributed by atoms with van der Waals surface area (Å²) in [6, 6.07) is 8.30. The van der Waals surface area contributed by atoms with E-state index in [-0.39, 0.29) is 5.82 Å². The van der Waals surface area contributed by atoms with Crippen LogP contribution in [0.15, 0.2) is 52.8 Å². The topological polar surface area (TPSA) is 38.7 Å². The Hall–Kier alpha value is -2.01. The van der Waals surface area contributed by atoms with Crippen molar-refractivity contribution in [3.63, 3.8) is 0 Å². The van der Waals surface area contributed by atoms with Gasteiger partial charge in [0, 0.05) is 16.5 Å². The summed E-state index contributed by atoms with van der Waals surface area (Å²) in [6.07, 6.45) is 5.44. The first kappa shape index (κ1) is 13.9. The molecule has 0 saturated heterocycles. The van der Waals surface area contributed by atoms with E-state index in [0.717, 1.165) is 34.3 Å². The van der Waals surface area contributed by atoms with Gasteiger partial charge in [-0.25, -0.2) is 14.4 Å². The molecular formula is C16H14FN3S. The number of hydrogen-bond donors (Lipinski definition) is 0. The Labute approximate surface area is 126 Å². The van der Waals surface area contributed by atoms with Gasteiger partial charge in [0.25, 0.3) is 0 Å². The summed E-state index contributed by atoms with van der Waals surface area (Å²) < 4.78 is 12.9. The molecule has 3 rings (SSSR count). The minimum Gasteiger partial charge on any atom is -0.262 e. The van der Waals surface area contributed by atoms with Crippen LogP contribution < -0.4 is 0 Å². The van der Waals surface area contributed by atoms with E-state index >= 15 is 0 Å². The first-order valence-corrected chi connectivity index (χ1v) is 7.62. The molecule has 0 aliphatic carbocycles. The van der Waals surface area contributed by atoms with E-state index in [1.807, 2.05) is 6.07 Å². The van der Waals surface area contributed by atoms with E-state index in [9.17, 15) is 4.39 Å². The third-order valence-electron chi connectivity index (χ3n) is 3.07. The summed E-state index contributed by atoms with van der Waals surface area (Å²) in [5, 5.41) is 1.72. The number of aromatic nitrogens is 3. The number of halogens is 1. The summed E-state index contributed by atoms with van der Waals surface area (Å²) in [4.78, 5) is 14.2. The van der Waals surface area contributed by atoms with Gasteiger partial charge in [0.15, 0.2) is 5.16 Å². The van der Waals surface area contributed by atoms with Crippen molar-refractivity contribution in [3.8, 4) is 0 Å². The van der Waals surface area contributed by atoms with Gasteiger partial charge in [-0.15, -0.1) is 0 Å². The minimum absolute atomic E-state index is 0.241. The van der Waals surface area contributed by atoms with Crippen LogP contribution in [0.2, 0.25) is 0 Å². The number of fused-ring (bicyclic) bond motifs is 1. The van der Waals surface area contributed by atoms with Crippen LogP contribution in [-0.2, 0) is 6.42 Å². The highest BCUT2D eigenvalue weighted by Crippen LogP contribution is 2.27. The SMILES string of the molecule is CCCc1nc(Sc2ccc(F)cc2)nc2cnccc12. The molecule has 2 aromatic heterocycles. The van der Waals surface area contributed by atoms with Crippen LogP contribution in [0.25, 0.3) is 10.9 Å². The van der Waals surface area contributed by atoms with E-state index in [2.05, 4.69) is 21.9 Å². The molecule has 0 aliphatic rings. The fraction of sp³-hybridized carbons (Fsp3) is 0.188. The molecule has 0 unspecified atom stereocenters. The third kappa shape index (κ3) is 3.19. The fourth-order valence-electron chi connectivity index (χ4n) is 2.10. The summed E-state index contributed by atoms with van der Waals surface area (Å²) >= 11 is 1.43. The Bertz CT molecular complexity index is 759. The van der Waals surface area contributed by atoms with Crippen LogP contribution >= 0.6 is 11.8 Å². The Morgan fingerprint density at radius 2 is 1.90 bits per heavy atom. The lowest BCUT2D eigenvalue weighted by atomic mass is 10.1. The molecule has 0 saturated carbocycles. The average Bonchev–Trinajstić information content (AvgIpc) is 2.50. The number of aryl methyl sites for hydroxylation is 1. The van der Waals surface area contributed by atoms with Gasteiger partial charge in [0.1, 0.15) is 5.82 Å². The highest BCUT2D eigenvalue weighted by molar-refractivity contribution is 7.99. The molecule has 0 spiro atoms. The Morgan fingerprint density at radius 3 is 2.67 bits per heavy atom. The summed E-state index contributed by atoms with van der Waals surface area (Å²) in [5.41, 5.74) is 1.88. The molecule has 3 aromatic rings. The molecule has 0 N–H and O–H groups in total. The standard InChI is InChI=1S/C16H14FN3S/c1-2-3-14-13-8-9-18-10-15(13)20-16(19-14)21-12-6-4-11(17)5-7-12/h4-10H,2-3H2,1H3. The van der Waals surface area contributed by atoms with Crippen molar-refractivity contribution < 1.29 is 4.39 Å². The number of rotatable bonds is 4. The maximum Gasteiger partial charge on any atom is 0.193 e. The second kappa shape index (κ2) is 6.18. The number of pyridine rings is 1. The molecule has 21 heavy (non-hydrogen) atoms. The van der Waals surface area contributed by atoms with E-state index in [1.165, 1.54) is 23.9 Å². The van der Waals surface area contributed by atoms with E-state index in [0.29, 0.717) is 5.16 Å². The van der Waals surface area contributed by atoms with Gasteiger partial charge in [-0.3, -0.25) is 4.98 Å². The smallest absolute Gasteiger partial charge is 0.193 e. The molecule has 0 atom stereocenters. The summed E-state index contributed by atoms with van der Waals surface area (Å²) in [6.45, 7) is 2.13. The Morgan fingerprint density at radius 1 is 1.10 bits per heavy atom. The minimum atomic E-state index is -0.241. The van der Waals surface area contributed by atoms with Crippen molar-refractivity contribution in [1.29, 1.82) is 0 Å². The lowest BCUT2D eigenvalue weighted by Crippen LogP contribution is -1.97. The second-order valence-corrected chi connectivity index (χ2v) is 5.69. The normalized spacial score (nSPS) is 11.0. The highest BCUT2D eigenvalue weighted by Gasteiger charge is 2.08. The average molecular weight is 299 g/mol. The van der Waals surface area contributed by atoms with Crippen molar-refractivity contribution >= 4 is 22.7 Å². The van der Waals surface area contributed by atoms with Crippen molar-refractivity contribution in [2.45, 2.75) is 29.8 Å². The number of nitrogens with zero attached hydrogens (tertiary/aromatic N) is 3. The van der Waals surface area contributed by atoms with Crippen molar-refractivity contribution in [2.24, 2.45) is 0 Å². The van der Waals surface area contributed by atoms with Gasteiger partial charge in [0.2, 0.25) is 0 Å². The van der Waals surface area contributed by atoms with E-state index in [4.69, 9.17) is 0 Å². The lowest BCUT2D eigenvalue weighted by Gasteiger charge is -2.07. The molecule has 0 bridgehead atoms. The molecular weight excluding hydrogens is 285 g/mol. The van der Waals surface area contributed by atoms with E-state index < -0.39 is 0 Å². The van der Waals surface area contributed by atoms with Crippen molar-refractivity contribution in [3.05, 3.63) is 54.2 Å². The molecule has 0 aliphatic heterocycles. The Balaban J connectivity index is 2.00. The second-order valence-electron chi connectivity index (χ2n) is 4.65. The van der Waals surface area contributed by atoms with Crippen LogP contribution in [0.5, 0.6) is 0 Å². The monoisotopic (exact) mass is 299 g/mol. The van der Waals surface area contributed by atoms with Gasteiger partial charge in [-0.2, -0.15) is 0 Å². The van der Waals surface area contributed by atoms with Crippen molar-refractivity contribution in [1.82, 2.24) is 15.0 Å². The molecule has 0 fully saturated rings. The molecule has 3 nitrogen and oxygen atoms in total. The van der Waals surface area contributed by atoms with Gasteiger partial charge in [-0.05, 0) is 48.5 Å². The van der Waals surface area contributed by atoms with Crippen LogP contribution in [0.4, 0.5) is 4.39 Å². The van der Waals surface area contributed by atoms with Gasteiger partial charge >= 0.3 is 0 Å². The zero-order chi connectivity index (χ0) is 14.7. The summed E-state index contributed by atoms with van der Waals surface area (Å²) in [7, 11) is 0. The maximum atomic E-state index is 12.9. The van der Waals surface area contributed by atoms with Crippen LogP contribution in [-0.4, -0.2) is 15.0 Å². The fourth-order valence-corrected chi connectivity index (χ4v) is 2.89. The molecule has 2 heterocycles. The van der Waals surface area contributed by atoms with E-state index in [1.54, 1.807) is 24.5 Å². The molecule has 0 amide bonds. The van der Waals surface area contributed by atoms with Gasteiger partial charge < -0.3 is 0 Å². The van der Waals surface area contributed by atoms with Crippen LogP contribution in [0.1, 0.15) is 19.0 Å². The molecule has 1 aromatic carbocycles. The molecule has 5 heteroatoms. The van der Waals surface area contributed by atoms with Gasteiger partial charge in [0.05, 0.1) is 17.4 Å². The third-order valence-corrected chi connectivity index (χ3v) is 3.94. The number of hydrogen-bond acceptors (Lipinski definition) is 4. The summed E-state index contributed by atoms with van der Waals surface area (Å²) in [5.74, 6) is -0.241. The molecule has 106 valence electrons. The van der Waals surface area contributed by atoms with Gasteiger partial charge in [-0.1, -0.05) is 13.3 Å².